The highest BCUT2D eigenvalue weighted by atomic mass is 16.5. The van der Waals surface area contributed by atoms with E-state index in [0.29, 0.717) is 6.10 Å². The van der Waals surface area contributed by atoms with E-state index in [1.807, 2.05) is 0 Å². The van der Waals surface area contributed by atoms with Gasteiger partial charge in [-0.3, -0.25) is 0 Å². The van der Waals surface area contributed by atoms with Crippen molar-refractivity contribution in [1.82, 2.24) is 0 Å². The van der Waals surface area contributed by atoms with Crippen LogP contribution in [0.1, 0.15) is 123 Å². The molecule has 1 aromatic carbocycles. The van der Waals surface area contributed by atoms with Gasteiger partial charge >= 0.3 is 0 Å². The van der Waals surface area contributed by atoms with Crippen LogP contribution in [-0.2, 0) is 4.74 Å². The Morgan fingerprint density at radius 2 is 1.44 bits per heavy atom. The molecule has 0 spiro atoms. The summed E-state index contributed by atoms with van der Waals surface area (Å²) in [6.45, 7) is 16.4. The predicted molar refractivity (Wildman–Crippen MR) is 143 cm³/mol. The van der Waals surface area contributed by atoms with Gasteiger partial charge in [-0.1, -0.05) is 114 Å². The molecule has 1 heteroatoms. The van der Waals surface area contributed by atoms with Gasteiger partial charge in [0.1, 0.15) is 0 Å². The number of hydrogen-bond donors (Lipinski definition) is 0. The molecule has 2 saturated carbocycles. The van der Waals surface area contributed by atoms with Gasteiger partial charge in [-0.25, -0.2) is 0 Å². The van der Waals surface area contributed by atoms with Crippen molar-refractivity contribution in [2.45, 2.75) is 132 Å². The SMILES string of the molecule is CCC(=C1CCC1CC)C(C)OCCC1CCCCC1.CCCC.Cc1ccc(C)cc1. The zero-order chi connectivity index (χ0) is 23.8. The van der Waals surface area contributed by atoms with Crippen molar-refractivity contribution in [3.8, 4) is 0 Å². The van der Waals surface area contributed by atoms with Crippen LogP contribution in [0.15, 0.2) is 35.4 Å². The van der Waals surface area contributed by atoms with Crippen LogP contribution < -0.4 is 0 Å². The Kier molecular flexibility index (Phi) is 15.7. The Morgan fingerprint density at radius 3 is 1.84 bits per heavy atom. The molecule has 2 aliphatic carbocycles. The maximum absolute atomic E-state index is 6.19. The predicted octanol–water partition coefficient (Wildman–Crippen LogP) is 10.00. The second-order valence-electron chi connectivity index (χ2n) is 10.0. The Morgan fingerprint density at radius 1 is 0.875 bits per heavy atom. The van der Waals surface area contributed by atoms with Crippen LogP contribution in [0.4, 0.5) is 0 Å². The van der Waals surface area contributed by atoms with E-state index in [1.54, 1.807) is 11.1 Å². The van der Waals surface area contributed by atoms with Crippen LogP contribution in [-0.4, -0.2) is 12.7 Å². The zero-order valence-corrected chi connectivity index (χ0v) is 22.6. The van der Waals surface area contributed by atoms with Crippen molar-refractivity contribution < 1.29 is 4.74 Å². The Balaban J connectivity index is 0.000000350. The first kappa shape index (κ1) is 29.0. The average molecular weight is 443 g/mol. The molecule has 184 valence electrons. The Hall–Kier alpha value is -1.08. The van der Waals surface area contributed by atoms with Crippen LogP contribution in [0.2, 0.25) is 0 Å². The fraction of sp³-hybridized carbons (Fsp3) is 0.742. The monoisotopic (exact) mass is 442 g/mol. The molecular weight excluding hydrogens is 388 g/mol. The molecule has 0 aliphatic heterocycles. The van der Waals surface area contributed by atoms with Crippen molar-refractivity contribution in [1.29, 1.82) is 0 Å². The van der Waals surface area contributed by atoms with Crippen LogP contribution >= 0.6 is 0 Å². The first-order valence-electron chi connectivity index (χ1n) is 13.8. The molecule has 0 saturated heterocycles. The normalized spacial score (nSPS) is 20.8. The van der Waals surface area contributed by atoms with Gasteiger partial charge < -0.3 is 4.74 Å². The number of rotatable bonds is 8. The largest absolute Gasteiger partial charge is 0.374 e. The highest BCUT2D eigenvalue weighted by Crippen LogP contribution is 2.40. The minimum Gasteiger partial charge on any atom is -0.374 e. The van der Waals surface area contributed by atoms with Gasteiger partial charge in [0, 0.05) is 6.61 Å². The summed E-state index contributed by atoms with van der Waals surface area (Å²) in [4.78, 5) is 0. The fourth-order valence-electron chi connectivity index (χ4n) is 4.77. The van der Waals surface area contributed by atoms with Gasteiger partial charge in [0.25, 0.3) is 0 Å². The molecule has 32 heavy (non-hydrogen) atoms. The lowest BCUT2D eigenvalue weighted by Crippen LogP contribution is -2.23. The molecule has 0 aromatic heterocycles. The topological polar surface area (TPSA) is 9.23 Å². The van der Waals surface area contributed by atoms with E-state index in [-0.39, 0.29) is 0 Å². The van der Waals surface area contributed by atoms with Crippen LogP contribution in [0.25, 0.3) is 0 Å². The van der Waals surface area contributed by atoms with Crippen LogP contribution in [0.5, 0.6) is 0 Å². The number of allylic oxidation sites excluding steroid dienone is 1. The first-order chi connectivity index (χ1) is 15.5. The molecule has 0 bridgehead atoms. The molecule has 2 fully saturated rings. The molecule has 2 unspecified atom stereocenters. The Bertz CT molecular complexity index is 581. The number of hydrogen-bond acceptors (Lipinski definition) is 1. The van der Waals surface area contributed by atoms with Crippen molar-refractivity contribution in [2.24, 2.45) is 11.8 Å². The lowest BCUT2D eigenvalue weighted by atomic mass is 9.74. The molecule has 0 N–H and O–H groups in total. The van der Waals surface area contributed by atoms with Gasteiger partial charge in [0.05, 0.1) is 6.10 Å². The summed E-state index contributed by atoms with van der Waals surface area (Å²) in [5, 5.41) is 0. The van der Waals surface area contributed by atoms with Gasteiger partial charge in [-0.05, 0) is 70.3 Å². The summed E-state index contributed by atoms with van der Waals surface area (Å²) in [5.74, 6) is 1.81. The smallest absolute Gasteiger partial charge is 0.0759 e. The van der Waals surface area contributed by atoms with E-state index >= 15 is 0 Å². The molecule has 0 amide bonds. The lowest BCUT2D eigenvalue weighted by molar-refractivity contribution is 0.0709. The number of ether oxygens (including phenoxy) is 1. The van der Waals surface area contributed by atoms with Crippen LogP contribution in [0, 0.1) is 25.7 Å². The molecule has 2 aliphatic rings. The summed E-state index contributed by atoms with van der Waals surface area (Å²) in [6, 6.07) is 8.48. The quantitative estimate of drug-likeness (QED) is 0.364. The average Bonchev–Trinajstić information content (AvgIpc) is 2.80. The number of benzene rings is 1. The highest BCUT2D eigenvalue weighted by molar-refractivity contribution is 5.25. The molecule has 0 radical (unpaired) electrons. The fourth-order valence-corrected chi connectivity index (χ4v) is 4.77. The summed E-state index contributed by atoms with van der Waals surface area (Å²) >= 11 is 0. The van der Waals surface area contributed by atoms with Crippen molar-refractivity contribution in [3.63, 3.8) is 0 Å². The molecule has 1 nitrogen and oxygen atoms in total. The van der Waals surface area contributed by atoms with E-state index < -0.39 is 0 Å². The maximum atomic E-state index is 6.19. The third-order valence-electron chi connectivity index (χ3n) is 7.37. The maximum Gasteiger partial charge on any atom is 0.0759 e. The summed E-state index contributed by atoms with van der Waals surface area (Å²) in [6.07, 6.45) is 16.7. The molecule has 0 heterocycles. The van der Waals surface area contributed by atoms with E-state index in [0.717, 1.165) is 18.4 Å². The molecule has 1 aromatic rings. The van der Waals surface area contributed by atoms with Gasteiger partial charge in [-0.2, -0.15) is 0 Å². The first-order valence-corrected chi connectivity index (χ1v) is 13.8. The second-order valence-corrected chi connectivity index (χ2v) is 10.0. The zero-order valence-electron chi connectivity index (χ0n) is 22.6. The standard InChI is InChI=1S/C19H34O.C8H10.C4H10/c1-4-17-11-12-19(17)18(5-2)15(3)20-14-13-16-9-7-6-8-10-16;1-7-3-5-8(2)6-4-7;1-3-4-2/h15-17H,4-14H2,1-3H3;3-6H,1-2H3;3-4H2,1-2H3. The van der Waals surface area contributed by atoms with E-state index in [2.05, 4.69) is 72.7 Å². The van der Waals surface area contributed by atoms with E-state index in [1.165, 1.54) is 88.2 Å². The summed E-state index contributed by atoms with van der Waals surface area (Å²) < 4.78 is 6.19. The number of aryl methyl sites for hydroxylation is 2. The second kappa shape index (κ2) is 17.4. The molecule has 2 atom stereocenters. The molecular formula is C31H54O. The summed E-state index contributed by atoms with van der Waals surface area (Å²) in [7, 11) is 0. The van der Waals surface area contributed by atoms with Crippen molar-refractivity contribution in [2.75, 3.05) is 6.61 Å². The lowest BCUT2D eigenvalue weighted by Gasteiger charge is -2.34. The van der Waals surface area contributed by atoms with Crippen LogP contribution in [0.3, 0.4) is 0 Å². The van der Waals surface area contributed by atoms with Crippen molar-refractivity contribution in [3.05, 3.63) is 46.5 Å². The van der Waals surface area contributed by atoms with E-state index in [9.17, 15) is 0 Å². The van der Waals surface area contributed by atoms with E-state index in [4.69, 9.17) is 4.74 Å². The molecule has 3 rings (SSSR count). The highest BCUT2D eigenvalue weighted by Gasteiger charge is 2.27. The minimum absolute atomic E-state index is 0.355. The minimum atomic E-state index is 0.355. The van der Waals surface area contributed by atoms with Gasteiger partial charge in [0.15, 0.2) is 0 Å². The third-order valence-corrected chi connectivity index (χ3v) is 7.37. The van der Waals surface area contributed by atoms with Gasteiger partial charge in [0.2, 0.25) is 0 Å². The van der Waals surface area contributed by atoms with Gasteiger partial charge in [-0.15, -0.1) is 0 Å². The third kappa shape index (κ3) is 11.2. The van der Waals surface area contributed by atoms with Crippen molar-refractivity contribution >= 4 is 0 Å². The number of unbranched alkanes of at least 4 members (excludes halogenated alkanes) is 1. The summed E-state index contributed by atoms with van der Waals surface area (Å²) in [5.41, 5.74) is 6.01. The Labute approximate surface area is 201 Å².